The van der Waals surface area contributed by atoms with Crippen molar-refractivity contribution >= 4 is 0 Å². The van der Waals surface area contributed by atoms with E-state index >= 15 is 0 Å². The first-order chi connectivity index (χ1) is 8.31. The molecule has 4 nitrogen and oxygen atoms in total. The highest BCUT2D eigenvalue weighted by Crippen LogP contribution is 2.33. The molecule has 0 bridgehead atoms. The molecule has 96 valence electrons. The summed E-state index contributed by atoms with van der Waals surface area (Å²) in [5, 5.41) is 3.57. The van der Waals surface area contributed by atoms with Crippen LogP contribution in [-0.4, -0.2) is 35.4 Å². The Bertz CT molecular complexity index is 337. The van der Waals surface area contributed by atoms with Crippen LogP contribution in [0.5, 0.6) is 0 Å². The van der Waals surface area contributed by atoms with Crippen molar-refractivity contribution < 1.29 is 4.74 Å². The molecule has 1 aliphatic carbocycles. The fraction of sp³-hybridized carbons (Fsp3) is 0.769. The first-order valence-electron chi connectivity index (χ1n) is 6.59. The molecule has 0 spiro atoms. The van der Waals surface area contributed by atoms with Crippen molar-refractivity contribution in [2.24, 2.45) is 7.05 Å². The zero-order chi connectivity index (χ0) is 12.1. The first-order valence-corrected chi connectivity index (χ1v) is 6.59. The lowest BCUT2D eigenvalue weighted by atomic mass is 10.1. The van der Waals surface area contributed by atoms with Gasteiger partial charge in [-0.25, -0.2) is 4.98 Å². The van der Waals surface area contributed by atoms with Gasteiger partial charge in [0.15, 0.2) is 0 Å². The molecule has 2 rings (SSSR count). The van der Waals surface area contributed by atoms with Gasteiger partial charge in [0.05, 0.1) is 6.61 Å². The standard InChI is InChI=1S/C13H23N3O/c1-3-17-9-7-14-12-5-4-11(10-12)13-15-6-8-16(13)2/h6,8,11-12,14H,3-5,7,9-10H2,1-2H3. The van der Waals surface area contributed by atoms with E-state index in [1.807, 2.05) is 19.3 Å². The van der Waals surface area contributed by atoms with E-state index in [1.54, 1.807) is 0 Å². The van der Waals surface area contributed by atoms with Crippen LogP contribution < -0.4 is 5.32 Å². The van der Waals surface area contributed by atoms with Gasteiger partial charge in [0.1, 0.15) is 5.82 Å². The van der Waals surface area contributed by atoms with Crippen LogP contribution in [0.4, 0.5) is 0 Å². The van der Waals surface area contributed by atoms with E-state index in [9.17, 15) is 0 Å². The Hall–Kier alpha value is -0.870. The summed E-state index contributed by atoms with van der Waals surface area (Å²) in [5.74, 6) is 1.86. The molecule has 1 fully saturated rings. The van der Waals surface area contributed by atoms with Gasteiger partial charge in [0, 0.05) is 44.6 Å². The molecule has 1 aromatic rings. The fourth-order valence-corrected chi connectivity index (χ4v) is 2.65. The van der Waals surface area contributed by atoms with E-state index in [4.69, 9.17) is 4.74 Å². The van der Waals surface area contributed by atoms with Gasteiger partial charge in [-0.15, -0.1) is 0 Å². The summed E-state index contributed by atoms with van der Waals surface area (Å²) >= 11 is 0. The minimum absolute atomic E-state index is 0.625. The van der Waals surface area contributed by atoms with Crippen LogP contribution >= 0.6 is 0 Å². The molecule has 1 saturated carbocycles. The van der Waals surface area contributed by atoms with E-state index in [0.717, 1.165) is 19.8 Å². The van der Waals surface area contributed by atoms with Gasteiger partial charge in [0.25, 0.3) is 0 Å². The van der Waals surface area contributed by atoms with Crippen LogP contribution in [0.1, 0.15) is 37.9 Å². The predicted molar refractivity (Wildman–Crippen MR) is 68.1 cm³/mol. The minimum Gasteiger partial charge on any atom is -0.380 e. The molecule has 2 unspecified atom stereocenters. The molecule has 0 amide bonds. The highest BCUT2D eigenvalue weighted by Gasteiger charge is 2.27. The molecular weight excluding hydrogens is 214 g/mol. The Balaban J connectivity index is 1.74. The van der Waals surface area contributed by atoms with Crippen LogP contribution in [0.15, 0.2) is 12.4 Å². The Morgan fingerprint density at radius 2 is 2.41 bits per heavy atom. The average molecular weight is 237 g/mol. The first kappa shape index (κ1) is 12.6. The molecule has 4 heteroatoms. The lowest BCUT2D eigenvalue weighted by Gasteiger charge is -2.13. The molecule has 0 aliphatic heterocycles. The average Bonchev–Trinajstić information content (AvgIpc) is 2.93. The smallest absolute Gasteiger partial charge is 0.111 e. The summed E-state index contributed by atoms with van der Waals surface area (Å²) in [6, 6.07) is 0.636. The van der Waals surface area contributed by atoms with Crippen LogP contribution in [0.25, 0.3) is 0 Å². The number of hydrogen-bond acceptors (Lipinski definition) is 3. The molecule has 0 radical (unpaired) electrons. The predicted octanol–water partition coefficient (Wildman–Crippen LogP) is 1.68. The van der Waals surface area contributed by atoms with Crippen molar-refractivity contribution in [3.63, 3.8) is 0 Å². The summed E-state index contributed by atoms with van der Waals surface area (Å²) < 4.78 is 7.48. The topological polar surface area (TPSA) is 39.1 Å². The number of aryl methyl sites for hydroxylation is 1. The number of nitrogens with zero attached hydrogens (tertiary/aromatic N) is 2. The molecule has 1 heterocycles. The third-order valence-electron chi connectivity index (χ3n) is 3.54. The Morgan fingerprint density at radius 3 is 3.12 bits per heavy atom. The Kier molecular flexibility index (Phi) is 4.57. The third-order valence-corrected chi connectivity index (χ3v) is 3.54. The summed E-state index contributed by atoms with van der Waals surface area (Å²) in [7, 11) is 2.08. The number of rotatable bonds is 6. The third kappa shape index (κ3) is 3.30. The number of imidazole rings is 1. The van der Waals surface area contributed by atoms with E-state index in [1.165, 1.54) is 25.1 Å². The second-order valence-corrected chi connectivity index (χ2v) is 4.75. The van der Waals surface area contributed by atoms with Gasteiger partial charge in [-0.2, -0.15) is 0 Å². The van der Waals surface area contributed by atoms with Crippen LogP contribution in [-0.2, 0) is 11.8 Å². The van der Waals surface area contributed by atoms with Crippen molar-refractivity contribution in [2.45, 2.75) is 38.1 Å². The Morgan fingerprint density at radius 1 is 1.53 bits per heavy atom. The van der Waals surface area contributed by atoms with E-state index in [2.05, 4.69) is 21.9 Å². The molecule has 1 aromatic heterocycles. The summed E-state index contributed by atoms with van der Waals surface area (Å²) in [6.07, 6.45) is 7.63. The zero-order valence-electron chi connectivity index (χ0n) is 10.9. The van der Waals surface area contributed by atoms with Crippen molar-refractivity contribution in [3.8, 4) is 0 Å². The molecule has 1 N–H and O–H groups in total. The van der Waals surface area contributed by atoms with Gasteiger partial charge >= 0.3 is 0 Å². The molecule has 17 heavy (non-hydrogen) atoms. The van der Waals surface area contributed by atoms with Crippen molar-refractivity contribution in [1.82, 2.24) is 14.9 Å². The van der Waals surface area contributed by atoms with Crippen molar-refractivity contribution in [3.05, 3.63) is 18.2 Å². The Labute approximate surface area is 103 Å². The maximum Gasteiger partial charge on any atom is 0.111 e. The van der Waals surface area contributed by atoms with Gasteiger partial charge in [-0.1, -0.05) is 0 Å². The number of nitrogens with one attached hydrogen (secondary N) is 1. The van der Waals surface area contributed by atoms with Gasteiger partial charge in [0.2, 0.25) is 0 Å². The number of ether oxygens (including phenoxy) is 1. The molecular formula is C13H23N3O. The van der Waals surface area contributed by atoms with E-state index in [-0.39, 0.29) is 0 Å². The highest BCUT2D eigenvalue weighted by molar-refractivity contribution is 5.04. The van der Waals surface area contributed by atoms with E-state index in [0.29, 0.717) is 12.0 Å². The quantitative estimate of drug-likeness (QED) is 0.765. The van der Waals surface area contributed by atoms with Crippen LogP contribution in [0.2, 0.25) is 0 Å². The van der Waals surface area contributed by atoms with E-state index < -0.39 is 0 Å². The summed E-state index contributed by atoms with van der Waals surface area (Å²) in [5.41, 5.74) is 0. The molecule has 2 atom stereocenters. The number of aromatic nitrogens is 2. The second kappa shape index (κ2) is 6.17. The molecule has 1 aliphatic rings. The maximum absolute atomic E-state index is 5.33. The van der Waals surface area contributed by atoms with Crippen LogP contribution in [0, 0.1) is 0 Å². The normalized spacial score (nSPS) is 24.4. The van der Waals surface area contributed by atoms with Crippen LogP contribution in [0.3, 0.4) is 0 Å². The highest BCUT2D eigenvalue weighted by atomic mass is 16.5. The van der Waals surface area contributed by atoms with Gasteiger partial charge < -0.3 is 14.6 Å². The lowest BCUT2D eigenvalue weighted by molar-refractivity contribution is 0.147. The summed E-state index contributed by atoms with van der Waals surface area (Å²) in [4.78, 5) is 4.45. The fourth-order valence-electron chi connectivity index (χ4n) is 2.65. The van der Waals surface area contributed by atoms with Gasteiger partial charge in [-0.3, -0.25) is 0 Å². The van der Waals surface area contributed by atoms with Gasteiger partial charge in [-0.05, 0) is 26.2 Å². The second-order valence-electron chi connectivity index (χ2n) is 4.75. The largest absolute Gasteiger partial charge is 0.380 e. The molecule has 0 aromatic carbocycles. The lowest BCUT2D eigenvalue weighted by Crippen LogP contribution is -2.29. The zero-order valence-corrected chi connectivity index (χ0v) is 10.9. The monoisotopic (exact) mass is 237 g/mol. The summed E-state index contributed by atoms with van der Waals surface area (Å²) in [6.45, 7) is 4.63. The number of hydrogen-bond donors (Lipinski definition) is 1. The van der Waals surface area contributed by atoms with Crippen molar-refractivity contribution in [2.75, 3.05) is 19.8 Å². The SMILES string of the molecule is CCOCCNC1CCC(c2nccn2C)C1. The minimum atomic E-state index is 0.625. The molecule has 0 saturated heterocycles. The van der Waals surface area contributed by atoms with Crippen molar-refractivity contribution in [1.29, 1.82) is 0 Å². The maximum atomic E-state index is 5.33.